The van der Waals surface area contributed by atoms with Crippen LogP contribution in [-0.2, 0) is 45.5 Å². The van der Waals surface area contributed by atoms with E-state index in [4.69, 9.17) is 9.47 Å². The van der Waals surface area contributed by atoms with Gasteiger partial charge in [-0.15, -0.1) is 0 Å². The number of carbonyl (C=O) groups excluding carboxylic acids is 2. The Balaban J connectivity index is 0.000000240. The molecule has 0 aromatic heterocycles. The summed E-state index contributed by atoms with van der Waals surface area (Å²) in [5.74, 6) is -1.81. The third kappa shape index (κ3) is 11.7. The molecular weight excluding hydrogens is 738 g/mol. The molecule has 0 atom stereocenters. The number of para-hydroxylation sites is 2. The first-order valence-electron chi connectivity index (χ1n) is 18.0. The van der Waals surface area contributed by atoms with Crippen LogP contribution in [0.2, 0.25) is 0 Å². The van der Waals surface area contributed by atoms with E-state index in [1.54, 1.807) is 36.4 Å². The van der Waals surface area contributed by atoms with E-state index in [2.05, 4.69) is 90.1 Å². The summed E-state index contributed by atoms with van der Waals surface area (Å²) in [6, 6.07) is 38.4. The first-order chi connectivity index (χ1) is 25.9. The summed E-state index contributed by atoms with van der Waals surface area (Å²) >= 11 is 0. The Labute approximate surface area is 337 Å². The molecular formula is C48H46O6Zn. The average molecular weight is 784 g/mol. The van der Waals surface area contributed by atoms with Crippen molar-refractivity contribution in [3.63, 3.8) is 0 Å². The number of ether oxygens (including phenoxy) is 2. The van der Waals surface area contributed by atoms with Crippen molar-refractivity contribution < 1.29 is 48.8 Å². The maximum Gasteiger partial charge on any atom is 2.00 e. The van der Waals surface area contributed by atoms with Crippen molar-refractivity contribution in [3.8, 4) is 11.5 Å². The first kappa shape index (κ1) is 42.2. The van der Waals surface area contributed by atoms with Gasteiger partial charge in [-0.1, -0.05) is 108 Å². The molecule has 0 radical (unpaired) electrons. The average Bonchev–Trinajstić information content (AvgIpc) is 3.14. The summed E-state index contributed by atoms with van der Waals surface area (Å²) in [4.78, 5) is 22.3. The second-order valence-electron chi connectivity index (χ2n) is 13.9. The van der Waals surface area contributed by atoms with Gasteiger partial charge in [0, 0.05) is 11.1 Å². The van der Waals surface area contributed by atoms with Crippen molar-refractivity contribution in [2.24, 2.45) is 0 Å². The maximum atomic E-state index is 11.1. The Hall–Kier alpha value is -5.52. The molecule has 0 saturated heterocycles. The fourth-order valence-electron chi connectivity index (χ4n) is 6.74. The zero-order valence-corrected chi connectivity index (χ0v) is 35.5. The number of carboxylic acids is 2. The normalized spacial score (nSPS) is 10.4. The standard InChI is InChI=1S/2C24H24O3.Zn/c2*1-16-12-17(2)22(18(3)13-16)14-19-8-10-20(11-9-19)15-27-23-7-5-4-6-21(23)24(25)26;/h2*4-13H,14-15H2,1-3H3,(H,25,26);/q;;+2/p-2. The maximum absolute atomic E-state index is 11.1. The molecule has 0 N–H and O–H groups in total. The van der Waals surface area contributed by atoms with Crippen LogP contribution in [0.3, 0.4) is 0 Å². The van der Waals surface area contributed by atoms with E-state index in [-0.39, 0.29) is 30.6 Å². The van der Waals surface area contributed by atoms with Crippen LogP contribution in [0.4, 0.5) is 0 Å². The zero-order chi connectivity index (χ0) is 38.8. The third-order valence-electron chi connectivity index (χ3n) is 9.49. The van der Waals surface area contributed by atoms with Crippen molar-refractivity contribution in [3.05, 3.63) is 199 Å². The number of hydrogen-bond acceptors (Lipinski definition) is 6. The van der Waals surface area contributed by atoms with Gasteiger partial charge in [-0.25, -0.2) is 0 Å². The number of aromatic carboxylic acids is 2. The summed E-state index contributed by atoms with van der Waals surface area (Å²) in [5.41, 5.74) is 15.2. The van der Waals surface area contributed by atoms with Gasteiger partial charge in [0.2, 0.25) is 0 Å². The largest absolute Gasteiger partial charge is 2.00 e. The van der Waals surface area contributed by atoms with E-state index in [1.165, 1.54) is 67.8 Å². The van der Waals surface area contributed by atoms with Crippen molar-refractivity contribution in [1.82, 2.24) is 0 Å². The van der Waals surface area contributed by atoms with Crippen LogP contribution in [0.1, 0.15) is 87.5 Å². The van der Waals surface area contributed by atoms with E-state index >= 15 is 0 Å². The third-order valence-corrected chi connectivity index (χ3v) is 9.49. The van der Waals surface area contributed by atoms with Crippen molar-refractivity contribution >= 4 is 11.9 Å². The molecule has 6 aromatic carbocycles. The number of rotatable bonds is 12. The number of carboxylic acid groups (broad SMARTS) is 2. The molecule has 0 saturated carbocycles. The molecule has 0 amide bonds. The van der Waals surface area contributed by atoms with Gasteiger partial charge in [-0.2, -0.15) is 0 Å². The molecule has 0 aliphatic carbocycles. The van der Waals surface area contributed by atoms with E-state index in [0.717, 1.165) is 24.0 Å². The van der Waals surface area contributed by atoms with Crippen molar-refractivity contribution in [1.29, 1.82) is 0 Å². The molecule has 55 heavy (non-hydrogen) atoms. The predicted octanol–water partition coefficient (Wildman–Crippen LogP) is 8.29. The Morgan fingerprint density at radius 3 is 1.05 bits per heavy atom. The second-order valence-corrected chi connectivity index (χ2v) is 13.9. The summed E-state index contributed by atoms with van der Waals surface area (Å²) < 4.78 is 11.3. The molecule has 7 heteroatoms. The molecule has 0 spiro atoms. The van der Waals surface area contributed by atoms with Crippen LogP contribution >= 0.6 is 0 Å². The van der Waals surface area contributed by atoms with Crippen LogP contribution in [0.15, 0.2) is 121 Å². The minimum absolute atomic E-state index is 0. The molecule has 0 unspecified atom stereocenters. The molecule has 6 nitrogen and oxygen atoms in total. The molecule has 0 aliphatic heterocycles. The fourth-order valence-corrected chi connectivity index (χ4v) is 6.74. The van der Waals surface area contributed by atoms with E-state index in [9.17, 15) is 19.8 Å². The Morgan fingerprint density at radius 1 is 0.455 bits per heavy atom. The van der Waals surface area contributed by atoms with Gasteiger partial charge in [-0.3, -0.25) is 0 Å². The van der Waals surface area contributed by atoms with Gasteiger partial charge in [0.05, 0.1) is 11.9 Å². The van der Waals surface area contributed by atoms with E-state index in [1.807, 2.05) is 24.3 Å². The predicted molar refractivity (Wildman–Crippen MR) is 210 cm³/mol. The SMILES string of the molecule is Cc1cc(C)c(Cc2ccc(COc3ccccc3C(=O)[O-])cc2)c(C)c1.Cc1cc(C)c(Cc2ccc(COc3ccccc3C(=O)[O-])cc2)c(C)c1.[Zn+2]. The molecule has 0 heterocycles. The fraction of sp³-hybridized carbons (Fsp3) is 0.208. The monoisotopic (exact) mass is 782 g/mol. The number of aryl methyl sites for hydroxylation is 6. The van der Waals surface area contributed by atoms with Crippen LogP contribution < -0.4 is 19.7 Å². The van der Waals surface area contributed by atoms with Crippen molar-refractivity contribution in [2.75, 3.05) is 0 Å². The second kappa shape index (κ2) is 19.7. The molecule has 0 fully saturated rings. The topological polar surface area (TPSA) is 98.7 Å². The Kier molecular flexibility index (Phi) is 15.1. The zero-order valence-electron chi connectivity index (χ0n) is 32.5. The van der Waals surface area contributed by atoms with Crippen LogP contribution in [0.25, 0.3) is 0 Å². The quantitative estimate of drug-likeness (QED) is 0.116. The summed E-state index contributed by atoms with van der Waals surface area (Å²) in [7, 11) is 0. The van der Waals surface area contributed by atoms with Crippen LogP contribution in [0, 0.1) is 41.5 Å². The molecule has 6 rings (SSSR count). The summed E-state index contributed by atoms with van der Waals surface area (Å²) in [6.07, 6.45) is 1.79. The number of carbonyl (C=O) groups is 2. The van der Waals surface area contributed by atoms with E-state index in [0.29, 0.717) is 24.7 Å². The van der Waals surface area contributed by atoms with Gasteiger partial charge in [-0.05, 0) is 134 Å². The summed E-state index contributed by atoms with van der Waals surface area (Å²) in [5, 5.41) is 22.3. The molecule has 6 aromatic rings. The van der Waals surface area contributed by atoms with Gasteiger partial charge < -0.3 is 29.3 Å². The van der Waals surface area contributed by atoms with Crippen molar-refractivity contribution in [2.45, 2.75) is 67.6 Å². The Morgan fingerprint density at radius 2 is 0.745 bits per heavy atom. The first-order valence-corrected chi connectivity index (χ1v) is 18.0. The number of hydrogen-bond donors (Lipinski definition) is 0. The number of benzene rings is 6. The van der Waals surface area contributed by atoms with Gasteiger partial charge in [0.1, 0.15) is 24.7 Å². The van der Waals surface area contributed by atoms with Gasteiger partial charge >= 0.3 is 19.5 Å². The smallest absolute Gasteiger partial charge is 0.545 e. The van der Waals surface area contributed by atoms with Crippen LogP contribution in [0.5, 0.6) is 11.5 Å². The van der Waals surface area contributed by atoms with E-state index < -0.39 is 11.9 Å². The minimum Gasteiger partial charge on any atom is -0.545 e. The molecule has 0 aliphatic rings. The van der Waals surface area contributed by atoms with Gasteiger partial charge in [0.15, 0.2) is 0 Å². The Bertz CT molecular complexity index is 2030. The summed E-state index contributed by atoms with van der Waals surface area (Å²) in [6.45, 7) is 13.5. The van der Waals surface area contributed by atoms with Crippen LogP contribution in [-0.4, -0.2) is 11.9 Å². The van der Waals surface area contributed by atoms with Gasteiger partial charge in [0.25, 0.3) is 0 Å². The molecule has 276 valence electrons. The minimum atomic E-state index is -1.23. The molecule has 0 bridgehead atoms.